The number of nitrogens with zero attached hydrogens (tertiary/aromatic N) is 2. The van der Waals surface area contributed by atoms with Crippen LogP contribution in [0.1, 0.15) is 32.3 Å². The first-order valence-electron chi connectivity index (χ1n) is 7.79. The van der Waals surface area contributed by atoms with Crippen molar-refractivity contribution in [3.63, 3.8) is 0 Å². The largest absolute Gasteiger partial charge is 0.480 e. The maximum atomic E-state index is 12.6. The number of carboxylic acid groups (broad SMARTS) is 1. The van der Waals surface area contributed by atoms with Crippen molar-refractivity contribution in [3.8, 4) is 0 Å². The molecule has 1 aliphatic rings. The first kappa shape index (κ1) is 16.5. The summed E-state index contributed by atoms with van der Waals surface area (Å²) in [6.07, 6.45) is 1.47. The molecular weight excluding hydrogens is 280 g/mol. The van der Waals surface area contributed by atoms with Crippen molar-refractivity contribution < 1.29 is 14.7 Å². The lowest BCUT2D eigenvalue weighted by Crippen LogP contribution is -2.46. The fourth-order valence-corrected chi connectivity index (χ4v) is 2.90. The van der Waals surface area contributed by atoms with Crippen molar-refractivity contribution in [2.24, 2.45) is 0 Å². The molecule has 5 heteroatoms. The van der Waals surface area contributed by atoms with Gasteiger partial charge in [0.2, 0.25) is 5.91 Å². The van der Waals surface area contributed by atoms with E-state index in [0.29, 0.717) is 19.5 Å². The minimum Gasteiger partial charge on any atom is -0.480 e. The molecule has 1 aliphatic heterocycles. The summed E-state index contributed by atoms with van der Waals surface area (Å²) in [6, 6.07) is 9.43. The molecule has 0 aromatic heterocycles. The molecule has 1 heterocycles. The van der Waals surface area contributed by atoms with Crippen molar-refractivity contribution in [3.05, 3.63) is 35.9 Å². The van der Waals surface area contributed by atoms with Gasteiger partial charge in [-0.25, -0.2) is 0 Å². The molecule has 1 aromatic rings. The van der Waals surface area contributed by atoms with E-state index in [4.69, 9.17) is 0 Å². The van der Waals surface area contributed by atoms with Crippen LogP contribution in [0, 0.1) is 0 Å². The van der Waals surface area contributed by atoms with Gasteiger partial charge in [-0.2, -0.15) is 0 Å². The molecule has 2 rings (SSSR count). The smallest absolute Gasteiger partial charge is 0.320 e. The molecule has 0 saturated carbocycles. The Balaban J connectivity index is 2.02. The van der Waals surface area contributed by atoms with E-state index in [9.17, 15) is 14.7 Å². The minimum absolute atomic E-state index is 0.00740. The maximum Gasteiger partial charge on any atom is 0.320 e. The highest BCUT2D eigenvalue weighted by Gasteiger charge is 2.33. The Morgan fingerprint density at radius 2 is 2.00 bits per heavy atom. The van der Waals surface area contributed by atoms with E-state index < -0.39 is 12.0 Å². The highest BCUT2D eigenvalue weighted by Crippen LogP contribution is 2.18. The van der Waals surface area contributed by atoms with E-state index in [1.54, 1.807) is 4.90 Å². The van der Waals surface area contributed by atoms with Gasteiger partial charge in [-0.3, -0.25) is 14.5 Å². The molecule has 1 N–H and O–H groups in total. The van der Waals surface area contributed by atoms with Crippen molar-refractivity contribution in [2.75, 3.05) is 13.1 Å². The zero-order chi connectivity index (χ0) is 16.1. The van der Waals surface area contributed by atoms with Crippen molar-refractivity contribution in [1.29, 1.82) is 0 Å². The average molecular weight is 304 g/mol. The monoisotopic (exact) mass is 304 g/mol. The fourth-order valence-electron chi connectivity index (χ4n) is 2.90. The number of aliphatic carboxylic acids is 1. The molecule has 1 amide bonds. The SMILES string of the molecule is CC(C)N(Cc1ccccc1)C(=O)CN1CCCC1C(=O)O. The Morgan fingerprint density at radius 1 is 1.32 bits per heavy atom. The van der Waals surface area contributed by atoms with Crippen LogP contribution in [0.3, 0.4) is 0 Å². The highest BCUT2D eigenvalue weighted by molar-refractivity contribution is 5.80. The van der Waals surface area contributed by atoms with Gasteiger partial charge in [-0.15, -0.1) is 0 Å². The molecule has 0 spiro atoms. The molecule has 1 fully saturated rings. The average Bonchev–Trinajstić information content (AvgIpc) is 2.93. The lowest BCUT2D eigenvalue weighted by atomic mass is 10.2. The third kappa shape index (κ3) is 4.07. The van der Waals surface area contributed by atoms with E-state index in [1.165, 1.54) is 0 Å². The molecular formula is C17H24N2O3. The normalized spacial score (nSPS) is 18.6. The number of carbonyl (C=O) groups excluding carboxylic acids is 1. The van der Waals surface area contributed by atoms with Crippen LogP contribution in [0.15, 0.2) is 30.3 Å². The molecule has 1 unspecified atom stereocenters. The molecule has 1 atom stereocenters. The quantitative estimate of drug-likeness (QED) is 0.873. The van der Waals surface area contributed by atoms with Gasteiger partial charge in [-0.05, 0) is 38.8 Å². The fraction of sp³-hybridized carbons (Fsp3) is 0.529. The van der Waals surface area contributed by atoms with Crippen LogP contribution in [0.2, 0.25) is 0 Å². The molecule has 1 saturated heterocycles. The molecule has 0 bridgehead atoms. The lowest BCUT2D eigenvalue weighted by Gasteiger charge is -2.30. The standard InChI is InChI=1S/C17H24N2O3/c1-13(2)19(11-14-7-4-3-5-8-14)16(20)12-18-10-6-9-15(18)17(21)22/h3-5,7-8,13,15H,6,9-12H2,1-2H3,(H,21,22). The van der Waals surface area contributed by atoms with Crippen LogP contribution >= 0.6 is 0 Å². The van der Waals surface area contributed by atoms with Gasteiger partial charge in [0, 0.05) is 12.6 Å². The Labute approximate surface area is 131 Å². The van der Waals surface area contributed by atoms with Crippen LogP contribution < -0.4 is 0 Å². The minimum atomic E-state index is -0.829. The topological polar surface area (TPSA) is 60.9 Å². The van der Waals surface area contributed by atoms with Crippen molar-refractivity contribution in [2.45, 2.75) is 45.3 Å². The number of rotatable bonds is 6. The van der Waals surface area contributed by atoms with Gasteiger partial charge >= 0.3 is 5.97 Å². The van der Waals surface area contributed by atoms with E-state index in [0.717, 1.165) is 12.0 Å². The van der Waals surface area contributed by atoms with E-state index in [1.807, 2.05) is 49.1 Å². The Kier molecular flexibility index (Phi) is 5.55. The van der Waals surface area contributed by atoms with Crippen LogP contribution in [0.5, 0.6) is 0 Å². The lowest BCUT2D eigenvalue weighted by molar-refractivity contribution is -0.143. The second kappa shape index (κ2) is 7.40. The number of benzene rings is 1. The summed E-state index contributed by atoms with van der Waals surface area (Å²) >= 11 is 0. The zero-order valence-electron chi connectivity index (χ0n) is 13.2. The summed E-state index contributed by atoms with van der Waals surface area (Å²) in [5, 5.41) is 9.21. The van der Waals surface area contributed by atoms with E-state index in [-0.39, 0.29) is 18.5 Å². The zero-order valence-corrected chi connectivity index (χ0v) is 13.2. The van der Waals surface area contributed by atoms with Gasteiger partial charge in [0.05, 0.1) is 6.54 Å². The molecule has 120 valence electrons. The number of carbonyl (C=O) groups is 2. The third-order valence-corrected chi connectivity index (χ3v) is 4.13. The van der Waals surface area contributed by atoms with Crippen LogP contribution in [-0.4, -0.2) is 52.0 Å². The molecule has 5 nitrogen and oxygen atoms in total. The molecule has 0 radical (unpaired) electrons. The van der Waals surface area contributed by atoms with E-state index in [2.05, 4.69) is 0 Å². The van der Waals surface area contributed by atoms with Gasteiger partial charge in [0.1, 0.15) is 6.04 Å². The summed E-state index contributed by atoms with van der Waals surface area (Å²) < 4.78 is 0. The first-order valence-corrected chi connectivity index (χ1v) is 7.79. The summed E-state index contributed by atoms with van der Waals surface area (Å²) in [6.45, 7) is 5.39. The summed E-state index contributed by atoms with van der Waals surface area (Å²) in [7, 11) is 0. The summed E-state index contributed by atoms with van der Waals surface area (Å²) in [4.78, 5) is 27.4. The maximum absolute atomic E-state index is 12.6. The number of amides is 1. The highest BCUT2D eigenvalue weighted by atomic mass is 16.4. The number of hydrogen-bond acceptors (Lipinski definition) is 3. The van der Waals surface area contributed by atoms with Crippen molar-refractivity contribution >= 4 is 11.9 Å². The molecule has 0 aliphatic carbocycles. The second-order valence-corrected chi connectivity index (χ2v) is 6.07. The van der Waals surface area contributed by atoms with Crippen LogP contribution in [0.4, 0.5) is 0 Å². The van der Waals surface area contributed by atoms with Gasteiger partial charge in [0.15, 0.2) is 0 Å². The van der Waals surface area contributed by atoms with Crippen molar-refractivity contribution in [1.82, 2.24) is 9.80 Å². The van der Waals surface area contributed by atoms with E-state index >= 15 is 0 Å². The molecule has 1 aromatic carbocycles. The number of hydrogen-bond donors (Lipinski definition) is 1. The van der Waals surface area contributed by atoms with Crippen LogP contribution in [-0.2, 0) is 16.1 Å². The predicted octanol–water partition coefficient (Wildman–Crippen LogP) is 1.97. The first-order chi connectivity index (χ1) is 10.5. The van der Waals surface area contributed by atoms with Crippen LogP contribution in [0.25, 0.3) is 0 Å². The van der Waals surface area contributed by atoms with Gasteiger partial charge in [0.25, 0.3) is 0 Å². The predicted molar refractivity (Wildman–Crippen MR) is 84.4 cm³/mol. The third-order valence-electron chi connectivity index (χ3n) is 4.13. The Hall–Kier alpha value is -1.88. The molecule has 22 heavy (non-hydrogen) atoms. The second-order valence-electron chi connectivity index (χ2n) is 6.07. The Morgan fingerprint density at radius 3 is 2.59 bits per heavy atom. The number of carboxylic acids is 1. The van der Waals surface area contributed by atoms with Gasteiger partial charge in [-0.1, -0.05) is 30.3 Å². The van der Waals surface area contributed by atoms with Gasteiger partial charge < -0.3 is 10.0 Å². The summed E-state index contributed by atoms with van der Waals surface area (Å²) in [5.74, 6) is -0.837. The number of likely N-dealkylation sites (tertiary alicyclic amines) is 1. The Bertz CT molecular complexity index is 516. The summed E-state index contributed by atoms with van der Waals surface area (Å²) in [5.41, 5.74) is 1.08.